The zero-order valence-corrected chi connectivity index (χ0v) is 11.0. The summed E-state index contributed by atoms with van der Waals surface area (Å²) in [5.74, 6) is 0. The molecule has 0 spiro atoms. The fourth-order valence-corrected chi connectivity index (χ4v) is 2.92. The molecule has 1 saturated carbocycles. The van der Waals surface area contributed by atoms with E-state index in [1.807, 2.05) is 13.1 Å². The van der Waals surface area contributed by atoms with Crippen LogP contribution >= 0.6 is 0 Å². The first-order chi connectivity index (χ1) is 8.69. The standard InChI is InChI=1S/C14H21N3O/c1-17-12(7-10-16-17)13(18)14(11-15)8-5-3-2-4-6-9-14/h7,10,13,18H,2-6,8-9H2,1H3. The van der Waals surface area contributed by atoms with Gasteiger partial charge < -0.3 is 5.11 Å². The van der Waals surface area contributed by atoms with Crippen molar-refractivity contribution < 1.29 is 5.11 Å². The first-order valence-corrected chi connectivity index (χ1v) is 6.77. The SMILES string of the molecule is Cn1nccc1C(O)C1(C#N)CCCCCCC1. The Morgan fingerprint density at radius 2 is 1.94 bits per heavy atom. The fourth-order valence-electron chi connectivity index (χ4n) is 2.92. The van der Waals surface area contributed by atoms with Gasteiger partial charge in [-0.05, 0) is 18.9 Å². The average Bonchev–Trinajstić information content (AvgIpc) is 2.75. The van der Waals surface area contributed by atoms with Gasteiger partial charge in [-0.15, -0.1) is 0 Å². The van der Waals surface area contributed by atoms with Crippen LogP contribution in [-0.4, -0.2) is 14.9 Å². The maximum Gasteiger partial charge on any atom is 0.114 e. The monoisotopic (exact) mass is 247 g/mol. The van der Waals surface area contributed by atoms with Gasteiger partial charge in [0.05, 0.1) is 17.2 Å². The van der Waals surface area contributed by atoms with Gasteiger partial charge in [-0.3, -0.25) is 4.68 Å². The molecule has 1 N–H and O–H groups in total. The van der Waals surface area contributed by atoms with Crippen LogP contribution in [0.5, 0.6) is 0 Å². The Kier molecular flexibility index (Phi) is 4.03. The molecule has 1 atom stereocenters. The van der Waals surface area contributed by atoms with E-state index in [1.165, 1.54) is 19.3 Å². The number of nitrogens with zero attached hydrogens (tertiary/aromatic N) is 3. The number of nitriles is 1. The molecule has 1 heterocycles. The van der Waals surface area contributed by atoms with Crippen LogP contribution in [0.2, 0.25) is 0 Å². The molecule has 1 aromatic heterocycles. The van der Waals surface area contributed by atoms with Crippen LogP contribution in [0.1, 0.15) is 56.7 Å². The molecule has 1 aromatic rings. The molecular weight excluding hydrogens is 226 g/mol. The van der Waals surface area contributed by atoms with E-state index < -0.39 is 11.5 Å². The maximum absolute atomic E-state index is 10.6. The highest BCUT2D eigenvalue weighted by Gasteiger charge is 2.40. The summed E-state index contributed by atoms with van der Waals surface area (Å²) in [6.45, 7) is 0. The van der Waals surface area contributed by atoms with E-state index in [2.05, 4.69) is 11.2 Å². The Labute approximate surface area is 108 Å². The summed E-state index contributed by atoms with van der Waals surface area (Å²) in [4.78, 5) is 0. The minimum absolute atomic E-state index is 0.631. The summed E-state index contributed by atoms with van der Waals surface area (Å²) in [6, 6.07) is 4.22. The van der Waals surface area contributed by atoms with Crippen LogP contribution in [0.15, 0.2) is 12.3 Å². The van der Waals surface area contributed by atoms with Crippen LogP contribution in [0.4, 0.5) is 0 Å². The first kappa shape index (κ1) is 13.1. The van der Waals surface area contributed by atoms with Gasteiger partial charge in [0, 0.05) is 13.2 Å². The van der Waals surface area contributed by atoms with Gasteiger partial charge in [0.1, 0.15) is 6.10 Å². The van der Waals surface area contributed by atoms with Gasteiger partial charge in [-0.25, -0.2) is 0 Å². The molecule has 4 nitrogen and oxygen atoms in total. The Morgan fingerprint density at radius 3 is 2.44 bits per heavy atom. The van der Waals surface area contributed by atoms with Crippen molar-refractivity contribution in [2.75, 3.05) is 0 Å². The lowest BCUT2D eigenvalue weighted by Crippen LogP contribution is -2.30. The third-order valence-corrected chi connectivity index (χ3v) is 4.13. The van der Waals surface area contributed by atoms with Crippen LogP contribution in [0.3, 0.4) is 0 Å². The molecule has 98 valence electrons. The highest BCUT2D eigenvalue weighted by atomic mass is 16.3. The summed E-state index contributed by atoms with van der Waals surface area (Å²) in [6.07, 6.45) is 8.17. The zero-order chi connectivity index (χ0) is 13.0. The van der Waals surface area contributed by atoms with Crippen molar-refractivity contribution in [2.45, 2.75) is 51.0 Å². The molecule has 0 aliphatic heterocycles. The Hall–Kier alpha value is -1.34. The second kappa shape index (κ2) is 5.53. The lowest BCUT2D eigenvalue weighted by molar-refractivity contribution is 0.0372. The van der Waals surface area contributed by atoms with Crippen molar-refractivity contribution in [1.29, 1.82) is 5.26 Å². The zero-order valence-electron chi connectivity index (χ0n) is 11.0. The summed E-state index contributed by atoms with van der Waals surface area (Å²) in [7, 11) is 1.81. The van der Waals surface area contributed by atoms with Crippen LogP contribution in [0.25, 0.3) is 0 Å². The van der Waals surface area contributed by atoms with E-state index in [9.17, 15) is 10.4 Å². The van der Waals surface area contributed by atoms with Crippen molar-refractivity contribution in [3.05, 3.63) is 18.0 Å². The molecule has 0 amide bonds. The molecule has 1 aliphatic carbocycles. The van der Waals surface area contributed by atoms with Crippen molar-refractivity contribution in [1.82, 2.24) is 9.78 Å². The van der Waals surface area contributed by atoms with Gasteiger partial charge in [0.2, 0.25) is 0 Å². The van der Waals surface area contributed by atoms with Crippen molar-refractivity contribution >= 4 is 0 Å². The maximum atomic E-state index is 10.6. The minimum atomic E-state index is -0.729. The van der Waals surface area contributed by atoms with E-state index >= 15 is 0 Å². The smallest absolute Gasteiger partial charge is 0.114 e. The van der Waals surface area contributed by atoms with E-state index in [0.717, 1.165) is 31.4 Å². The van der Waals surface area contributed by atoms with E-state index in [1.54, 1.807) is 10.9 Å². The van der Waals surface area contributed by atoms with E-state index in [-0.39, 0.29) is 0 Å². The number of aromatic nitrogens is 2. The third kappa shape index (κ3) is 2.41. The van der Waals surface area contributed by atoms with Crippen molar-refractivity contribution in [3.63, 3.8) is 0 Å². The highest BCUT2D eigenvalue weighted by molar-refractivity contribution is 5.15. The second-order valence-electron chi connectivity index (χ2n) is 5.32. The number of hydrogen-bond donors (Lipinski definition) is 1. The topological polar surface area (TPSA) is 61.8 Å². The van der Waals surface area contributed by atoms with E-state index in [4.69, 9.17) is 0 Å². The Morgan fingerprint density at radius 1 is 1.33 bits per heavy atom. The van der Waals surface area contributed by atoms with Crippen molar-refractivity contribution in [2.24, 2.45) is 12.5 Å². The molecule has 18 heavy (non-hydrogen) atoms. The molecule has 1 aliphatic rings. The minimum Gasteiger partial charge on any atom is -0.385 e. The number of aliphatic hydroxyl groups is 1. The first-order valence-electron chi connectivity index (χ1n) is 6.77. The van der Waals surface area contributed by atoms with Crippen LogP contribution < -0.4 is 0 Å². The largest absolute Gasteiger partial charge is 0.385 e. The number of aliphatic hydroxyl groups excluding tert-OH is 1. The summed E-state index contributed by atoms with van der Waals surface area (Å²) in [5.41, 5.74) is 0.117. The molecule has 4 heteroatoms. The number of hydrogen-bond acceptors (Lipinski definition) is 3. The number of aryl methyl sites for hydroxylation is 1. The molecule has 1 unspecified atom stereocenters. The van der Waals surface area contributed by atoms with Crippen LogP contribution in [0, 0.1) is 16.7 Å². The summed E-state index contributed by atoms with van der Waals surface area (Å²) in [5, 5.41) is 24.3. The summed E-state index contributed by atoms with van der Waals surface area (Å²) >= 11 is 0. The normalized spacial score (nSPS) is 21.6. The lowest BCUT2D eigenvalue weighted by Gasteiger charge is -2.33. The molecule has 0 saturated heterocycles. The van der Waals surface area contributed by atoms with Gasteiger partial charge in [0.25, 0.3) is 0 Å². The molecule has 0 bridgehead atoms. The van der Waals surface area contributed by atoms with Gasteiger partial charge in [-0.2, -0.15) is 10.4 Å². The van der Waals surface area contributed by atoms with Gasteiger partial charge in [-0.1, -0.05) is 32.1 Å². The summed E-state index contributed by atoms with van der Waals surface area (Å²) < 4.78 is 1.67. The highest BCUT2D eigenvalue weighted by Crippen LogP contribution is 2.43. The predicted octanol–water partition coefficient (Wildman–Crippen LogP) is 2.71. The van der Waals surface area contributed by atoms with Crippen molar-refractivity contribution in [3.8, 4) is 6.07 Å². The molecule has 0 radical (unpaired) electrons. The number of rotatable bonds is 2. The molecular formula is C14H21N3O. The quantitative estimate of drug-likeness (QED) is 0.874. The third-order valence-electron chi connectivity index (χ3n) is 4.13. The van der Waals surface area contributed by atoms with Crippen LogP contribution in [-0.2, 0) is 7.05 Å². The van der Waals surface area contributed by atoms with E-state index in [0.29, 0.717) is 0 Å². The molecule has 0 aromatic carbocycles. The van der Waals surface area contributed by atoms with Gasteiger partial charge in [0.15, 0.2) is 0 Å². The Bertz CT molecular complexity index is 424. The fraction of sp³-hybridized carbons (Fsp3) is 0.714. The molecule has 1 fully saturated rings. The second-order valence-corrected chi connectivity index (χ2v) is 5.32. The molecule has 2 rings (SSSR count). The van der Waals surface area contributed by atoms with Gasteiger partial charge >= 0.3 is 0 Å². The predicted molar refractivity (Wildman–Crippen MR) is 68.5 cm³/mol. The Balaban J connectivity index is 2.25. The lowest BCUT2D eigenvalue weighted by atomic mass is 9.72. The average molecular weight is 247 g/mol.